The number of hydrogen-bond donors (Lipinski definition) is 1. The van der Waals surface area contributed by atoms with Gasteiger partial charge in [0.2, 0.25) is 0 Å². The summed E-state index contributed by atoms with van der Waals surface area (Å²) < 4.78 is 34.8. The normalized spacial score (nSPS) is 11.3. The highest BCUT2D eigenvalue weighted by molar-refractivity contribution is 7.87. The molecule has 0 aromatic heterocycles. The molecule has 0 saturated carbocycles. The Morgan fingerprint density at radius 1 is 1.09 bits per heavy atom. The van der Waals surface area contributed by atoms with Crippen LogP contribution in [0.5, 0.6) is 17.2 Å². The predicted octanol–water partition coefficient (Wildman–Crippen LogP) is 3.78. The quantitative estimate of drug-likeness (QED) is 0.837. The molecule has 8 heteroatoms. The highest BCUT2D eigenvalue weighted by Gasteiger charge is 2.25. The maximum Gasteiger partial charge on any atom is 0.343 e. The van der Waals surface area contributed by atoms with E-state index in [0.29, 0.717) is 5.56 Å². The molecular formula is C14H12Cl2O5S. The van der Waals surface area contributed by atoms with Crippen LogP contribution in [-0.4, -0.2) is 20.6 Å². The van der Waals surface area contributed by atoms with Crippen LogP contribution >= 0.6 is 23.2 Å². The minimum absolute atomic E-state index is 0.0318. The van der Waals surface area contributed by atoms with Crippen molar-refractivity contribution in [1.82, 2.24) is 0 Å². The summed E-state index contributed by atoms with van der Waals surface area (Å²) in [5.74, 6) is -0.208. The first-order chi connectivity index (χ1) is 10.2. The van der Waals surface area contributed by atoms with Gasteiger partial charge in [-0.1, -0.05) is 23.2 Å². The third-order valence-electron chi connectivity index (χ3n) is 2.69. The molecular weight excluding hydrogens is 351 g/mol. The van der Waals surface area contributed by atoms with E-state index in [-0.39, 0.29) is 32.2 Å². The average molecular weight is 363 g/mol. The van der Waals surface area contributed by atoms with Gasteiger partial charge in [0.1, 0.15) is 11.5 Å². The van der Waals surface area contributed by atoms with Crippen LogP contribution < -0.4 is 8.92 Å². The van der Waals surface area contributed by atoms with Gasteiger partial charge in [-0.05, 0) is 36.8 Å². The van der Waals surface area contributed by atoms with Gasteiger partial charge in [0, 0.05) is 11.1 Å². The number of methoxy groups -OCH3 is 1. The SMILES string of the molecule is COc1c(Cl)cc(Cl)cc1S(=O)(=O)Oc1cc(C)cc(O)c1. The van der Waals surface area contributed by atoms with E-state index in [9.17, 15) is 13.5 Å². The van der Waals surface area contributed by atoms with E-state index in [0.717, 1.165) is 0 Å². The topological polar surface area (TPSA) is 72.8 Å². The standard InChI is InChI=1S/C14H12Cl2O5S/c1-8-3-10(17)7-11(4-8)21-22(18,19)13-6-9(15)5-12(16)14(13)20-2/h3-7,17H,1-2H3. The molecule has 0 aliphatic rings. The zero-order valence-corrected chi connectivity index (χ0v) is 14.0. The van der Waals surface area contributed by atoms with Crippen LogP contribution in [0.4, 0.5) is 0 Å². The number of phenols is 1. The fourth-order valence-electron chi connectivity index (χ4n) is 1.87. The Kier molecular flexibility index (Phi) is 4.75. The lowest BCUT2D eigenvalue weighted by Crippen LogP contribution is -2.11. The zero-order chi connectivity index (χ0) is 16.5. The van der Waals surface area contributed by atoms with E-state index in [4.69, 9.17) is 32.1 Å². The monoisotopic (exact) mass is 362 g/mol. The first-order valence-electron chi connectivity index (χ1n) is 6.01. The lowest BCUT2D eigenvalue weighted by atomic mass is 10.2. The Morgan fingerprint density at radius 3 is 2.36 bits per heavy atom. The molecule has 0 unspecified atom stereocenters. The molecule has 118 valence electrons. The fraction of sp³-hybridized carbons (Fsp3) is 0.143. The van der Waals surface area contributed by atoms with Gasteiger partial charge < -0.3 is 14.0 Å². The Bertz CT molecular complexity index is 798. The summed E-state index contributed by atoms with van der Waals surface area (Å²) in [7, 11) is -2.96. The third-order valence-corrected chi connectivity index (χ3v) is 4.44. The lowest BCUT2D eigenvalue weighted by Gasteiger charge is -2.13. The number of ether oxygens (including phenoxy) is 1. The molecule has 0 aliphatic carbocycles. The maximum absolute atomic E-state index is 12.4. The van der Waals surface area contributed by atoms with Crippen molar-refractivity contribution in [3.63, 3.8) is 0 Å². The molecule has 0 aliphatic heterocycles. The van der Waals surface area contributed by atoms with E-state index in [1.165, 1.54) is 37.4 Å². The highest BCUT2D eigenvalue weighted by Crippen LogP contribution is 2.36. The van der Waals surface area contributed by atoms with E-state index in [2.05, 4.69) is 0 Å². The molecule has 5 nitrogen and oxygen atoms in total. The van der Waals surface area contributed by atoms with Crippen molar-refractivity contribution in [1.29, 1.82) is 0 Å². The van der Waals surface area contributed by atoms with E-state index in [1.54, 1.807) is 6.92 Å². The number of hydrogen-bond acceptors (Lipinski definition) is 5. The van der Waals surface area contributed by atoms with Crippen molar-refractivity contribution in [3.8, 4) is 17.2 Å². The predicted molar refractivity (Wildman–Crippen MR) is 83.7 cm³/mol. The smallest absolute Gasteiger partial charge is 0.343 e. The summed E-state index contributed by atoms with van der Waals surface area (Å²) in [6.07, 6.45) is 0. The Morgan fingerprint density at radius 2 is 1.77 bits per heavy atom. The number of aryl methyl sites for hydroxylation is 1. The van der Waals surface area contributed by atoms with Gasteiger partial charge in [-0.25, -0.2) is 0 Å². The molecule has 2 aromatic carbocycles. The van der Waals surface area contributed by atoms with Gasteiger partial charge in [-0.15, -0.1) is 0 Å². The Labute approximate surface area is 138 Å². The molecule has 0 bridgehead atoms. The second kappa shape index (κ2) is 6.24. The summed E-state index contributed by atoms with van der Waals surface area (Å²) in [6, 6.07) is 6.66. The van der Waals surface area contributed by atoms with Crippen LogP contribution in [0.2, 0.25) is 10.0 Å². The second-order valence-electron chi connectivity index (χ2n) is 4.46. The van der Waals surface area contributed by atoms with Crippen LogP contribution in [0, 0.1) is 6.92 Å². The van der Waals surface area contributed by atoms with Crippen molar-refractivity contribution < 1.29 is 22.4 Å². The molecule has 2 rings (SSSR count). The largest absolute Gasteiger partial charge is 0.508 e. The minimum atomic E-state index is -4.24. The van der Waals surface area contributed by atoms with Crippen molar-refractivity contribution >= 4 is 33.3 Å². The molecule has 0 spiro atoms. The Balaban J connectivity index is 2.51. The molecule has 0 saturated heterocycles. The Hall–Kier alpha value is -1.63. The number of rotatable bonds is 4. The highest BCUT2D eigenvalue weighted by atomic mass is 35.5. The summed E-state index contributed by atoms with van der Waals surface area (Å²) in [5, 5.41) is 9.68. The van der Waals surface area contributed by atoms with Gasteiger partial charge in [-0.3, -0.25) is 0 Å². The van der Waals surface area contributed by atoms with Gasteiger partial charge >= 0.3 is 10.1 Å². The van der Waals surface area contributed by atoms with Crippen molar-refractivity contribution in [2.75, 3.05) is 7.11 Å². The summed E-state index contributed by atoms with van der Waals surface area (Å²) in [4.78, 5) is -0.298. The van der Waals surface area contributed by atoms with Crippen LogP contribution in [0.25, 0.3) is 0 Å². The van der Waals surface area contributed by atoms with Crippen LogP contribution in [0.3, 0.4) is 0 Å². The first kappa shape index (κ1) is 16.7. The molecule has 0 radical (unpaired) electrons. The van der Waals surface area contributed by atoms with E-state index < -0.39 is 10.1 Å². The van der Waals surface area contributed by atoms with Gasteiger partial charge in [0.05, 0.1) is 12.1 Å². The van der Waals surface area contributed by atoms with Gasteiger partial charge in [0.15, 0.2) is 10.6 Å². The molecule has 0 amide bonds. The minimum Gasteiger partial charge on any atom is -0.508 e. The molecule has 1 N–H and O–H groups in total. The van der Waals surface area contributed by atoms with Crippen LogP contribution in [0.15, 0.2) is 35.2 Å². The summed E-state index contributed by atoms with van der Waals surface area (Å²) in [5.41, 5.74) is 0.640. The number of aromatic hydroxyl groups is 1. The van der Waals surface area contributed by atoms with E-state index >= 15 is 0 Å². The zero-order valence-electron chi connectivity index (χ0n) is 11.6. The van der Waals surface area contributed by atoms with Crippen molar-refractivity contribution in [3.05, 3.63) is 45.9 Å². The van der Waals surface area contributed by atoms with Crippen molar-refractivity contribution in [2.45, 2.75) is 11.8 Å². The second-order valence-corrected chi connectivity index (χ2v) is 6.82. The van der Waals surface area contributed by atoms with Gasteiger partial charge in [0.25, 0.3) is 0 Å². The molecule has 22 heavy (non-hydrogen) atoms. The average Bonchev–Trinajstić information content (AvgIpc) is 2.35. The van der Waals surface area contributed by atoms with Crippen molar-refractivity contribution in [2.24, 2.45) is 0 Å². The van der Waals surface area contributed by atoms with Gasteiger partial charge in [-0.2, -0.15) is 8.42 Å². The summed E-state index contributed by atoms with van der Waals surface area (Å²) in [6.45, 7) is 1.69. The summed E-state index contributed by atoms with van der Waals surface area (Å²) >= 11 is 11.8. The molecule has 0 fully saturated rings. The molecule has 0 atom stereocenters. The number of benzene rings is 2. The van der Waals surface area contributed by atoms with Crippen LogP contribution in [-0.2, 0) is 10.1 Å². The third kappa shape index (κ3) is 3.58. The first-order valence-corrected chi connectivity index (χ1v) is 8.17. The fourth-order valence-corrected chi connectivity index (χ4v) is 3.69. The molecule has 0 heterocycles. The lowest BCUT2D eigenvalue weighted by molar-refractivity contribution is 0.398. The van der Waals surface area contributed by atoms with Crippen LogP contribution in [0.1, 0.15) is 5.56 Å². The molecule has 2 aromatic rings. The van der Waals surface area contributed by atoms with E-state index in [1.807, 2.05) is 0 Å². The number of phenolic OH excluding ortho intramolecular Hbond substituents is 1. The number of halogens is 2. The maximum atomic E-state index is 12.4.